The van der Waals surface area contributed by atoms with Gasteiger partial charge in [-0.3, -0.25) is 14.1 Å². The van der Waals surface area contributed by atoms with Gasteiger partial charge in [0, 0.05) is 19.4 Å². The molecule has 0 aliphatic heterocycles. The Bertz CT molecular complexity index is 1330. The smallest absolute Gasteiger partial charge is 0.306 e. The monoisotopic (exact) mass is 832 g/mol. The summed E-state index contributed by atoms with van der Waals surface area (Å²) in [5, 5.41) is 2.66. The van der Waals surface area contributed by atoms with E-state index in [0.717, 1.165) is 49.9 Å². The van der Waals surface area contributed by atoms with E-state index in [2.05, 4.69) is 45.2 Å². The van der Waals surface area contributed by atoms with Crippen LogP contribution >= 0.6 is 0 Å². The molecule has 1 amide bonds. The fraction of sp³-hybridized carbons (Fsp3) is 0.920. The Morgan fingerprint density at radius 1 is 0.724 bits per heavy atom. The van der Waals surface area contributed by atoms with Crippen molar-refractivity contribution in [3.05, 3.63) is 12.2 Å². The molecule has 9 atom stereocenters. The summed E-state index contributed by atoms with van der Waals surface area (Å²) in [6.07, 6.45) is 42.7. The zero-order valence-electron chi connectivity index (χ0n) is 37.9. The normalized spacial score (nSPS) is 30.1. The molecule has 4 fully saturated rings. The van der Waals surface area contributed by atoms with Gasteiger partial charge in [0.05, 0.1) is 5.75 Å². The largest absolute Gasteiger partial charge is 0.462 e. The summed E-state index contributed by atoms with van der Waals surface area (Å²) < 4.78 is 37.1. The van der Waals surface area contributed by atoms with Crippen molar-refractivity contribution in [3.63, 3.8) is 0 Å². The van der Waals surface area contributed by atoms with Crippen molar-refractivity contribution >= 4 is 22.0 Å². The van der Waals surface area contributed by atoms with Crippen LogP contribution in [0.25, 0.3) is 0 Å². The number of fused-ring (bicyclic) bond motifs is 5. The van der Waals surface area contributed by atoms with E-state index in [1.807, 2.05) is 0 Å². The fourth-order valence-electron chi connectivity index (χ4n) is 12.9. The van der Waals surface area contributed by atoms with Gasteiger partial charge in [-0.05, 0) is 143 Å². The third-order valence-electron chi connectivity index (χ3n) is 16.3. The number of hydrogen-bond acceptors (Lipinski definition) is 5. The molecule has 4 saturated carbocycles. The highest BCUT2D eigenvalue weighted by Crippen LogP contribution is 2.68. The Hall–Kier alpha value is -1.41. The van der Waals surface area contributed by atoms with Gasteiger partial charge in [-0.1, -0.05) is 130 Å². The van der Waals surface area contributed by atoms with Crippen molar-refractivity contribution in [2.45, 2.75) is 233 Å². The zero-order valence-corrected chi connectivity index (χ0v) is 38.7. The van der Waals surface area contributed by atoms with E-state index in [-0.39, 0.29) is 24.5 Å². The highest BCUT2D eigenvalue weighted by atomic mass is 32.2. The van der Waals surface area contributed by atoms with Crippen LogP contribution in [0.15, 0.2) is 12.2 Å². The number of allylic oxidation sites excluding steroid dienone is 2. The number of amides is 1. The quantitative estimate of drug-likeness (QED) is 0.0336. The summed E-state index contributed by atoms with van der Waals surface area (Å²) in [7, 11) is -4.06. The second-order valence-corrected chi connectivity index (χ2v) is 22.0. The number of hydrogen-bond donors (Lipinski definition) is 2. The van der Waals surface area contributed by atoms with E-state index in [9.17, 15) is 18.0 Å². The molecular weight excluding hydrogens is 743 g/mol. The van der Waals surface area contributed by atoms with Gasteiger partial charge in [0.2, 0.25) is 5.91 Å². The van der Waals surface area contributed by atoms with Crippen molar-refractivity contribution in [3.8, 4) is 0 Å². The molecule has 0 bridgehead atoms. The third-order valence-corrected chi connectivity index (χ3v) is 17.0. The Balaban J connectivity index is 1.02. The van der Waals surface area contributed by atoms with E-state index < -0.39 is 15.9 Å². The summed E-state index contributed by atoms with van der Waals surface area (Å²) in [5.74, 6) is 3.47. The Labute approximate surface area is 357 Å². The number of nitrogens with one attached hydrogen (secondary N) is 1. The average Bonchev–Trinajstić information content (AvgIpc) is 3.54. The van der Waals surface area contributed by atoms with Gasteiger partial charge >= 0.3 is 5.97 Å². The van der Waals surface area contributed by atoms with E-state index >= 15 is 0 Å². The molecule has 4 aliphatic carbocycles. The minimum Gasteiger partial charge on any atom is -0.462 e. The lowest BCUT2D eigenvalue weighted by Crippen LogP contribution is -2.54. The Kier molecular flexibility index (Phi) is 21.7. The SMILES string of the molecule is CCCCCCCCCC/C=C\CCCCCCCCCCCC(=O)OC1CCC2(C)C(CCC3C2CCC2(C)C(C(C)CCC(=O)NCCS(=O)(=O)O)CCC32)C1. The molecular formula is C50H89NO6S. The number of esters is 1. The highest BCUT2D eigenvalue weighted by Gasteiger charge is 2.60. The maximum absolute atomic E-state index is 12.9. The highest BCUT2D eigenvalue weighted by molar-refractivity contribution is 7.85. The predicted molar refractivity (Wildman–Crippen MR) is 240 cm³/mol. The zero-order chi connectivity index (χ0) is 41.9. The number of carbonyl (C=O) groups is 2. The van der Waals surface area contributed by atoms with Crippen LogP contribution in [0.3, 0.4) is 0 Å². The van der Waals surface area contributed by atoms with Gasteiger partial charge < -0.3 is 10.1 Å². The van der Waals surface area contributed by atoms with Crippen LogP contribution in [0.4, 0.5) is 0 Å². The van der Waals surface area contributed by atoms with Crippen LogP contribution in [0.1, 0.15) is 227 Å². The number of rotatable bonds is 29. The minimum absolute atomic E-state index is 0.0317. The average molecular weight is 832 g/mol. The second kappa shape index (κ2) is 25.5. The first-order valence-electron chi connectivity index (χ1n) is 24.9. The van der Waals surface area contributed by atoms with Crippen LogP contribution in [-0.4, -0.2) is 43.2 Å². The second-order valence-electron chi connectivity index (χ2n) is 20.4. The first kappa shape index (κ1) is 49.2. The molecule has 0 saturated heterocycles. The first-order chi connectivity index (χ1) is 27.9. The maximum Gasteiger partial charge on any atom is 0.306 e. The number of carbonyl (C=O) groups excluding carboxylic acids is 2. The van der Waals surface area contributed by atoms with Crippen LogP contribution in [0.5, 0.6) is 0 Å². The summed E-state index contributed by atoms with van der Waals surface area (Å²) in [6, 6.07) is 0. The van der Waals surface area contributed by atoms with Crippen LogP contribution < -0.4 is 5.32 Å². The summed E-state index contributed by atoms with van der Waals surface area (Å²) in [6.45, 7) is 9.70. The molecule has 8 heteroatoms. The van der Waals surface area contributed by atoms with E-state index in [4.69, 9.17) is 9.29 Å². The molecule has 0 aromatic carbocycles. The molecule has 7 nitrogen and oxygen atoms in total. The minimum atomic E-state index is -4.06. The lowest BCUT2D eigenvalue weighted by Gasteiger charge is -2.61. The number of ether oxygens (including phenoxy) is 1. The molecule has 0 spiro atoms. The topological polar surface area (TPSA) is 110 Å². The van der Waals surface area contributed by atoms with Crippen molar-refractivity contribution < 1.29 is 27.3 Å². The summed E-state index contributed by atoms with van der Waals surface area (Å²) in [5.41, 5.74) is 0.669. The van der Waals surface area contributed by atoms with Crippen molar-refractivity contribution in [2.75, 3.05) is 12.3 Å². The molecule has 0 aromatic heterocycles. The third kappa shape index (κ3) is 15.8. The first-order valence-corrected chi connectivity index (χ1v) is 26.5. The molecule has 2 N–H and O–H groups in total. The Morgan fingerprint density at radius 2 is 1.29 bits per heavy atom. The molecule has 4 aliphatic rings. The summed E-state index contributed by atoms with van der Waals surface area (Å²) in [4.78, 5) is 25.3. The van der Waals surface area contributed by atoms with Gasteiger partial charge in [-0.15, -0.1) is 0 Å². The van der Waals surface area contributed by atoms with Gasteiger partial charge in [0.1, 0.15) is 6.10 Å². The van der Waals surface area contributed by atoms with E-state index in [1.165, 1.54) is 154 Å². The molecule has 0 aromatic rings. The van der Waals surface area contributed by atoms with E-state index in [0.29, 0.717) is 41.4 Å². The van der Waals surface area contributed by atoms with Crippen LogP contribution in [-0.2, 0) is 24.4 Å². The summed E-state index contributed by atoms with van der Waals surface area (Å²) >= 11 is 0. The molecule has 336 valence electrons. The van der Waals surface area contributed by atoms with Crippen molar-refractivity contribution in [1.29, 1.82) is 0 Å². The number of unbranched alkanes of at least 4 members (excludes halogenated alkanes) is 17. The lowest BCUT2D eigenvalue weighted by molar-refractivity contribution is -0.162. The molecule has 0 heterocycles. The Morgan fingerprint density at radius 3 is 1.91 bits per heavy atom. The molecule has 0 radical (unpaired) electrons. The standard InChI is InChI=1S/C50H89NO6S/c1-5-6-7-8-9-10-11-12-13-14-15-16-17-18-19-20-21-22-23-24-25-26-48(53)57-42-33-35-49(3)41(39-42)28-29-43-45-31-30-44(50(45,4)36-34-46(43)49)40(2)27-32-47(52)51-37-38-58(54,55)56/h14-15,40-46H,5-13,16-39H2,1-4H3,(H,51,52)(H,54,55,56)/b15-14-. The molecule has 58 heavy (non-hydrogen) atoms. The van der Waals surface area contributed by atoms with Gasteiger partial charge in [0.15, 0.2) is 0 Å². The van der Waals surface area contributed by atoms with Crippen LogP contribution in [0, 0.1) is 46.3 Å². The van der Waals surface area contributed by atoms with E-state index in [1.54, 1.807) is 0 Å². The van der Waals surface area contributed by atoms with Crippen LogP contribution in [0.2, 0.25) is 0 Å². The maximum atomic E-state index is 12.9. The van der Waals surface area contributed by atoms with Crippen molar-refractivity contribution in [2.24, 2.45) is 46.3 Å². The fourth-order valence-corrected chi connectivity index (χ4v) is 13.3. The van der Waals surface area contributed by atoms with Crippen molar-refractivity contribution in [1.82, 2.24) is 5.32 Å². The lowest BCUT2D eigenvalue weighted by atomic mass is 9.44. The predicted octanol–water partition coefficient (Wildman–Crippen LogP) is 13.4. The molecule has 4 rings (SSSR count). The van der Waals surface area contributed by atoms with Gasteiger partial charge in [-0.2, -0.15) is 8.42 Å². The van der Waals surface area contributed by atoms with Gasteiger partial charge in [0.25, 0.3) is 10.1 Å². The van der Waals surface area contributed by atoms with Gasteiger partial charge in [-0.25, -0.2) is 0 Å². The molecule has 9 unspecified atom stereocenters.